The summed E-state index contributed by atoms with van der Waals surface area (Å²) in [6.45, 7) is 3.99. The first-order valence-corrected chi connectivity index (χ1v) is 9.47. The molecule has 0 bridgehead atoms. The Hall–Kier alpha value is -0.160. The lowest BCUT2D eigenvalue weighted by Gasteiger charge is -2.12. The molecule has 0 spiro atoms. The monoisotopic (exact) mass is 334 g/mol. The molecule has 0 aromatic rings. The molecule has 0 saturated carbocycles. The minimum atomic E-state index is -0.860. The maximum atomic E-state index is 11.9. The first-order chi connectivity index (χ1) is 9.97. The van der Waals surface area contributed by atoms with Crippen LogP contribution in [-0.2, 0) is 9.59 Å². The maximum Gasteiger partial charge on any atom is 0.304 e. The summed E-state index contributed by atoms with van der Waals surface area (Å²) in [5, 5.41) is 8.24. The van der Waals surface area contributed by atoms with E-state index >= 15 is 0 Å². The highest BCUT2D eigenvalue weighted by molar-refractivity contribution is 8.15. The van der Waals surface area contributed by atoms with E-state index in [9.17, 15) is 9.59 Å². The van der Waals surface area contributed by atoms with Crippen molar-refractivity contribution in [2.45, 2.75) is 88.6 Å². The second-order valence-electron chi connectivity index (χ2n) is 5.62. The van der Waals surface area contributed by atoms with Gasteiger partial charge in [0, 0.05) is 5.25 Å². The van der Waals surface area contributed by atoms with Crippen molar-refractivity contribution in [3.05, 3.63) is 0 Å². The first-order valence-electron chi connectivity index (χ1n) is 8.07. The van der Waals surface area contributed by atoms with Crippen LogP contribution in [0.3, 0.4) is 0 Å². The lowest BCUT2D eigenvalue weighted by Crippen LogP contribution is -2.16. The molecule has 0 aromatic carbocycles. The van der Waals surface area contributed by atoms with Crippen LogP contribution in [0.1, 0.15) is 78.1 Å². The summed E-state index contributed by atoms with van der Waals surface area (Å²) in [6.07, 6.45) is 10.8. The predicted octanol–water partition coefficient (Wildman–Crippen LogP) is 4.94. The number of carboxylic acid groups (broad SMARTS) is 1. The number of unbranched alkanes of at least 4 members (excludes halogenated alkanes) is 7. The van der Waals surface area contributed by atoms with Gasteiger partial charge in [-0.15, -0.1) is 0 Å². The number of rotatable bonds is 13. The topological polar surface area (TPSA) is 54.4 Å². The maximum absolute atomic E-state index is 11.9. The average molecular weight is 335 g/mol. The Morgan fingerprint density at radius 2 is 1.57 bits per heavy atom. The number of thiol groups is 1. The molecule has 5 heteroatoms. The SMILES string of the molecule is CCCCCCCCCCC(S)C(=O)SC(C)CC(=O)O. The lowest BCUT2D eigenvalue weighted by molar-refractivity contribution is -0.136. The molecule has 2 unspecified atom stereocenters. The number of carbonyl (C=O) groups is 2. The van der Waals surface area contributed by atoms with Crippen molar-refractivity contribution in [2.24, 2.45) is 0 Å². The highest BCUT2D eigenvalue weighted by Gasteiger charge is 2.19. The summed E-state index contributed by atoms with van der Waals surface area (Å²) in [7, 11) is 0. The van der Waals surface area contributed by atoms with Crippen molar-refractivity contribution in [3.63, 3.8) is 0 Å². The number of hydrogen-bond donors (Lipinski definition) is 2. The van der Waals surface area contributed by atoms with E-state index in [2.05, 4.69) is 19.6 Å². The zero-order chi connectivity index (χ0) is 16.1. The fourth-order valence-electron chi connectivity index (χ4n) is 2.15. The van der Waals surface area contributed by atoms with Crippen LogP contribution in [-0.4, -0.2) is 26.7 Å². The first kappa shape index (κ1) is 20.8. The molecule has 0 saturated heterocycles. The van der Waals surface area contributed by atoms with Gasteiger partial charge in [-0.3, -0.25) is 9.59 Å². The quantitative estimate of drug-likeness (QED) is 0.370. The van der Waals surface area contributed by atoms with Gasteiger partial charge in [0.05, 0.1) is 11.7 Å². The fourth-order valence-corrected chi connectivity index (χ4v) is 3.42. The minimum Gasteiger partial charge on any atom is -0.481 e. The second kappa shape index (κ2) is 13.5. The van der Waals surface area contributed by atoms with Crippen LogP contribution < -0.4 is 0 Å². The molecule has 21 heavy (non-hydrogen) atoms. The zero-order valence-corrected chi connectivity index (χ0v) is 15.1. The molecule has 0 aliphatic heterocycles. The zero-order valence-electron chi connectivity index (χ0n) is 13.3. The Labute approximate surface area is 139 Å². The van der Waals surface area contributed by atoms with E-state index in [1.54, 1.807) is 6.92 Å². The van der Waals surface area contributed by atoms with E-state index in [0.29, 0.717) is 0 Å². The Balaban J connectivity index is 3.57. The summed E-state index contributed by atoms with van der Waals surface area (Å²) in [5.74, 6) is -0.860. The molecule has 0 rings (SSSR count). The highest BCUT2D eigenvalue weighted by Crippen LogP contribution is 2.22. The van der Waals surface area contributed by atoms with Crippen LogP contribution in [0, 0.1) is 0 Å². The van der Waals surface area contributed by atoms with Crippen molar-refractivity contribution in [2.75, 3.05) is 0 Å². The van der Waals surface area contributed by atoms with Gasteiger partial charge < -0.3 is 5.11 Å². The Morgan fingerprint density at radius 3 is 2.10 bits per heavy atom. The van der Waals surface area contributed by atoms with E-state index in [1.807, 2.05) is 0 Å². The summed E-state index contributed by atoms with van der Waals surface area (Å²) in [5.41, 5.74) is 0. The molecule has 0 fully saturated rings. The molecular weight excluding hydrogens is 304 g/mol. The molecular formula is C16H30O3S2. The second-order valence-corrected chi connectivity index (χ2v) is 7.69. The Bertz CT molecular complexity index is 295. The van der Waals surface area contributed by atoms with E-state index in [1.165, 1.54) is 38.5 Å². The number of carboxylic acids is 1. The molecule has 0 heterocycles. The molecule has 0 radical (unpaired) electrons. The summed E-state index contributed by atoms with van der Waals surface area (Å²) >= 11 is 5.46. The van der Waals surface area contributed by atoms with E-state index in [0.717, 1.165) is 31.0 Å². The number of hydrogen-bond acceptors (Lipinski definition) is 4. The van der Waals surface area contributed by atoms with Crippen LogP contribution in [0.4, 0.5) is 0 Å². The lowest BCUT2D eigenvalue weighted by atomic mass is 10.1. The van der Waals surface area contributed by atoms with Gasteiger partial charge in [-0.25, -0.2) is 0 Å². The molecule has 0 aliphatic carbocycles. The number of thioether (sulfide) groups is 1. The van der Waals surface area contributed by atoms with Crippen molar-refractivity contribution in [1.29, 1.82) is 0 Å². The molecule has 0 aromatic heterocycles. The van der Waals surface area contributed by atoms with Gasteiger partial charge in [0.25, 0.3) is 0 Å². The van der Waals surface area contributed by atoms with Crippen LogP contribution in [0.15, 0.2) is 0 Å². The third-order valence-electron chi connectivity index (χ3n) is 3.38. The van der Waals surface area contributed by atoms with E-state index < -0.39 is 5.97 Å². The number of carbonyl (C=O) groups excluding carboxylic acids is 1. The highest BCUT2D eigenvalue weighted by atomic mass is 32.2. The standard InChI is InChI=1S/C16H30O3S2/c1-3-4-5-6-7-8-9-10-11-14(20)16(19)21-13(2)12-15(17)18/h13-14,20H,3-12H2,1-2H3,(H,17,18). The van der Waals surface area contributed by atoms with Crippen molar-refractivity contribution < 1.29 is 14.7 Å². The molecule has 0 amide bonds. The average Bonchev–Trinajstić information content (AvgIpc) is 2.40. The summed E-state index contributed by atoms with van der Waals surface area (Å²) < 4.78 is 0. The van der Waals surface area contributed by atoms with Gasteiger partial charge in [0.2, 0.25) is 5.12 Å². The van der Waals surface area contributed by atoms with E-state index in [-0.39, 0.29) is 22.0 Å². The van der Waals surface area contributed by atoms with Crippen molar-refractivity contribution in [1.82, 2.24) is 0 Å². The summed E-state index contributed by atoms with van der Waals surface area (Å²) in [4.78, 5) is 22.4. The predicted molar refractivity (Wildman–Crippen MR) is 94.3 cm³/mol. The molecule has 2 atom stereocenters. The Morgan fingerprint density at radius 1 is 1.05 bits per heavy atom. The molecule has 3 nitrogen and oxygen atoms in total. The van der Waals surface area contributed by atoms with Crippen LogP contribution >= 0.6 is 24.4 Å². The summed E-state index contributed by atoms with van der Waals surface area (Å²) in [6, 6.07) is 0. The van der Waals surface area contributed by atoms with Gasteiger partial charge >= 0.3 is 5.97 Å². The van der Waals surface area contributed by atoms with Crippen LogP contribution in [0.2, 0.25) is 0 Å². The normalized spacial score (nSPS) is 13.9. The van der Waals surface area contributed by atoms with Crippen LogP contribution in [0.5, 0.6) is 0 Å². The third kappa shape index (κ3) is 13.2. The fraction of sp³-hybridized carbons (Fsp3) is 0.875. The van der Waals surface area contributed by atoms with Gasteiger partial charge in [-0.05, 0) is 6.42 Å². The van der Waals surface area contributed by atoms with Gasteiger partial charge in [0.15, 0.2) is 0 Å². The smallest absolute Gasteiger partial charge is 0.304 e. The van der Waals surface area contributed by atoms with Crippen LogP contribution in [0.25, 0.3) is 0 Å². The molecule has 0 aliphatic rings. The molecule has 1 N–H and O–H groups in total. The van der Waals surface area contributed by atoms with Crippen molar-refractivity contribution in [3.8, 4) is 0 Å². The largest absolute Gasteiger partial charge is 0.481 e. The molecule has 124 valence electrons. The van der Waals surface area contributed by atoms with Gasteiger partial charge in [-0.1, -0.05) is 77.0 Å². The van der Waals surface area contributed by atoms with Gasteiger partial charge in [0.1, 0.15) is 0 Å². The number of aliphatic carboxylic acids is 1. The van der Waals surface area contributed by atoms with Crippen molar-refractivity contribution >= 4 is 35.5 Å². The van der Waals surface area contributed by atoms with E-state index in [4.69, 9.17) is 5.11 Å². The third-order valence-corrected chi connectivity index (χ3v) is 5.14. The van der Waals surface area contributed by atoms with Gasteiger partial charge in [-0.2, -0.15) is 12.6 Å². The Kier molecular flexibility index (Phi) is 13.4. The minimum absolute atomic E-state index is 0.00929.